The van der Waals surface area contributed by atoms with Crippen molar-refractivity contribution in [1.29, 1.82) is 0 Å². The quantitative estimate of drug-likeness (QED) is 0.642. The number of para-hydroxylation sites is 1. The van der Waals surface area contributed by atoms with Crippen molar-refractivity contribution in [1.82, 2.24) is 10.6 Å². The fourth-order valence-electron chi connectivity index (χ4n) is 2.37. The van der Waals surface area contributed by atoms with Crippen molar-refractivity contribution in [2.75, 3.05) is 13.7 Å². The maximum absolute atomic E-state index is 12.1. The van der Waals surface area contributed by atoms with Gasteiger partial charge in [0, 0.05) is 11.3 Å². The van der Waals surface area contributed by atoms with E-state index in [1.165, 1.54) is 7.11 Å². The third kappa shape index (κ3) is 3.39. The van der Waals surface area contributed by atoms with E-state index in [9.17, 15) is 4.79 Å². The molecule has 1 heterocycles. The van der Waals surface area contributed by atoms with Crippen LogP contribution < -0.4 is 15.4 Å². The number of allylic oxidation sites excluding steroid dienone is 1. The van der Waals surface area contributed by atoms with E-state index < -0.39 is 12.0 Å². The molecule has 0 unspecified atom stereocenters. The highest BCUT2D eigenvalue weighted by Crippen LogP contribution is 2.33. The van der Waals surface area contributed by atoms with E-state index >= 15 is 0 Å². The highest BCUT2D eigenvalue weighted by Gasteiger charge is 2.32. The van der Waals surface area contributed by atoms with Gasteiger partial charge in [-0.1, -0.05) is 25.1 Å². The number of hydrogen-bond donors (Lipinski definition) is 2. The lowest BCUT2D eigenvalue weighted by atomic mass is 9.95. The number of thiocarbonyl (C=S) groups is 1. The van der Waals surface area contributed by atoms with E-state index in [-0.39, 0.29) is 0 Å². The number of carbonyl (C=O) groups is 1. The normalized spacial score (nSPS) is 17.6. The molecule has 1 aromatic rings. The molecule has 2 rings (SSSR count). The highest BCUT2D eigenvalue weighted by molar-refractivity contribution is 7.80. The van der Waals surface area contributed by atoms with E-state index in [1.54, 1.807) is 0 Å². The smallest absolute Gasteiger partial charge is 0.337 e. The van der Waals surface area contributed by atoms with Crippen molar-refractivity contribution < 1.29 is 14.3 Å². The number of esters is 1. The summed E-state index contributed by atoms with van der Waals surface area (Å²) in [5, 5.41) is 6.56. The monoisotopic (exact) mass is 320 g/mol. The van der Waals surface area contributed by atoms with Crippen molar-refractivity contribution >= 4 is 23.3 Å². The molecule has 0 radical (unpaired) electrons. The molecule has 5 nitrogen and oxygen atoms in total. The molecule has 0 amide bonds. The van der Waals surface area contributed by atoms with E-state index in [1.807, 2.05) is 38.1 Å². The van der Waals surface area contributed by atoms with Crippen LogP contribution in [0.3, 0.4) is 0 Å². The van der Waals surface area contributed by atoms with Crippen LogP contribution in [0.4, 0.5) is 0 Å². The third-order valence-corrected chi connectivity index (χ3v) is 3.59. The van der Waals surface area contributed by atoms with Gasteiger partial charge in [-0.25, -0.2) is 4.79 Å². The van der Waals surface area contributed by atoms with Crippen molar-refractivity contribution in [3.05, 3.63) is 41.1 Å². The Morgan fingerprint density at radius 2 is 2.09 bits per heavy atom. The molecular weight excluding hydrogens is 300 g/mol. The van der Waals surface area contributed by atoms with Gasteiger partial charge in [0.05, 0.1) is 25.3 Å². The summed E-state index contributed by atoms with van der Waals surface area (Å²) in [6.45, 7) is 4.47. The van der Waals surface area contributed by atoms with Crippen LogP contribution in [0, 0.1) is 0 Å². The molecule has 1 aliphatic rings. The molecule has 0 saturated heterocycles. The van der Waals surface area contributed by atoms with Gasteiger partial charge in [-0.05, 0) is 31.6 Å². The van der Waals surface area contributed by atoms with Crippen LogP contribution in [0.5, 0.6) is 5.75 Å². The van der Waals surface area contributed by atoms with Crippen LogP contribution in [0.2, 0.25) is 0 Å². The van der Waals surface area contributed by atoms with Crippen LogP contribution in [0.15, 0.2) is 35.5 Å². The predicted molar refractivity (Wildman–Crippen MR) is 88.6 cm³/mol. The molecule has 0 spiro atoms. The Kier molecular flexibility index (Phi) is 5.38. The molecule has 0 fully saturated rings. The minimum atomic E-state index is -0.394. The molecule has 22 heavy (non-hydrogen) atoms. The zero-order valence-corrected chi connectivity index (χ0v) is 13.8. The second-order valence-electron chi connectivity index (χ2n) is 4.95. The molecule has 0 saturated carbocycles. The molecule has 6 heteroatoms. The number of ether oxygens (including phenoxy) is 2. The average Bonchev–Trinajstić information content (AvgIpc) is 2.51. The molecule has 0 bridgehead atoms. The summed E-state index contributed by atoms with van der Waals surface area (Å²) < 4.78 is 10.7. The molecule has 1 aliphatic heterocycles. The molecule has 2 N–H and O–H groups in total. The van der Waals surface area contributed by atoms with Gasteiger partial charge >= 0.3 is 5.97 Å². The van der Waals surface area contributed by atoms with Gasteiger partial charge in [0.1, 0.15) is 5.75 Å². The molecular formula is C16H20N2O3S. The number of methoxy groups -OCH3 is 1. The lowest BCUT2D eigenvalue weighted by Crippen LogP contribution is -2.45. The van der Waals surface area contributed by atoms with Gasteiger partial charge in [0.2, 0.25) is 0 Å². The van der Waals surface area contributed by atoms with Gasteiger partial charge in [0.25, 0.3) is 0 Å². The van der Waals surface area contributed by atoms with Crippen molar-refractivity contribution in [2.45, 2.75) is 26.3 Å². The molecule has 0 aliphatic carbocycles. The van der Waals surface area contributed by atoms with Crippen LogP contribution in [-0.4, -0.2) is 24.8 Å². The Labute approximate surface area is 135 Å². The van der Waals surface area contributed by atoms with Gasteiger partial charge in [-0.15, -0.1) is 0 Å². The van der Waals surface area contributed by atoms with Crippen molar-refractivity contribution in [3.63, 3.8) is 0 Å². The summed E-state index contributed by atoms with van der Waals surface area (Å²) in [6.07, 6.45) is 0.908. The Morgan fingerprint density at radius 1 is 1.36 bits per heavy atom. The van der Waals surface area contributed by atoms with Crippen LogP contribution in [0.1, 0.15) is 31.9 Å². The van der Waals surface area contributed by atoms with Crippen molar-refractivity contribution in [2.24, 2.45) is 0 Å². The summed E-state index contributed by atoms with van der Waals surface area (Å²) in [6, 6.07) is 7.23. The second kappa shape index (κ2) is 7.26. The van der Waals surface area contributed by atoms with Crippen molar-refractivity contribution in [3.8, 4) is 5.75 Å². The van der Waals surface area contributed by atoms with Gasteiger partial charge in [-0.2, -0.15) is 0 Å². The Morgan fingerprint density at radius 3 is 2.77 bits per heavy atom. The predicted octanol–water partition coefficient (Wildman–Crippen LogP) is 2.44. The fraction of sp³-hybridized carbons (Fsp3) is 0.375. The van der Waals surface area contributed by atoms with E-state index in [0.717, 1.165) is 17.7 Å². The number of benzene rings is 1. The van der Waals surface area contributed by atoms with Gasteiger partial charge < -0.3 is 20.1 Å². The van der Waals surface area contributed by atoms with Crippen LogP contribution in [-0.2, 0) is 9.53 Å². The molecule has 118 valence electrons. The Bertz CT molecular complexity index is 613. The molecule has 1 aromatic carbocycles. The third-order valence-electron chi connectivity index (χ3n) is 3.37. The summed E-state index contributed by atoms with van der Waals surface area (Å²) >= 11 is 5.22. The minimum Gasteiger partial charge on any atom is -0.493 e. The SMILES string of the molecule is CCCOc1ccccc1[C@H]1NC(=S)NC(C)=C1C(=O)OC. The standard InChI is InChI=1S/C16H20N2O3S/c1-4-9-21-12-8-6-5-7-11(12)14-13(15(19)20-3)10(2)17-16(22)18-14/h5-8,14H,4,9H2,1-3H3,(H2,17,18,22)/t14-/m1/s1. The number of nitrogens with one attached hydrogen (secondary N) is 2. The topological polar surface area (TPSA) is 59.6 Å². The zero-order chi connectivity index (χ0) is 16.1. The van der Waals surface area contributed by atoms with Crippen LogP contribution >= 0.6 is 12.2 Å². The summed E-state index contributed by atoms with van der Waals surface area (Å²) in [7, 11) is 1.37. The lowest BCUT2D eigenvalue weighted by Gasteiger charge is -2.30. The summed E-state index contributed by atoms with van der Waals surface area (Å²) in [5.74, 6) is 0.344. The number of carbonyl (C=O) groups excluding carboxylic acids is 1. The summed E-state index contributed by atoms with van der Waals surface area (Å²) in [5.41, 5.74) is 2.05. The summed E-state index contributed by atoms with van der Waals surface area (Å²) in [4.78, 5) is 12.1. The Balaban J connectivity index is 2.46. The largest absolute Gasteiger partial charge is 0.493 e. The number of rotatable bonds is 5. The van der Waals surface area contributed by atoms with E-state index in [0.29, 0.717) is 23.0 Å². The maximum atomic E-state index is 12.1. The van der Waals surface area contributed by atoms with Gasteiger partial charge in [-0.3, -0.25) is 0 Å². The fourth-order valence-corrected chi connectivity index (χ4v) is 2.64. The van der Waals surface area contributed by atoms with E-state index in [4.69, 9.17) is 21.7 Å². The number of hydrogen-bond acceptors (Lipinski definition) is 4. The first-order valence-corrected chi connectivity index (χ1v) is 7.57. The Hall–Kier alpha value is -2.08. The average molecular weight is 320 g/mol. The molecule has 1 atom stereocenters. The maximum Gasteiger partial charge on any atom is 0.337 e. The molecule has 0 aromatic heterocycles. The zero-order valence-electron chi connectivity index (χ0n) is 12.9. The first-order valence-electron chi connectivity index (χ1n) is 7.16. The highest BCUT2D eigenvalue weighted by atomic mass is 32.1. The van der Waals surface area contributed by atoms with Gasteiger partial charge in [0.15, 0.2) is 5.11 Å². The first-order chi connectivity index (χ1) is 10.6. The van der Waals surface area contributed by atoms with Crippen LogP contribution in [0.25, 0.3) is 0 Å². The lowest BCUT2D eigenvalue weighted by molar-refractivity contribution is -0.136. The second-order valence-corrected chi connectivity index (χ2v) is 5.36. The van der Waals surface area contributed by atoms with E-state index in [2.05, 4.69) is 10.6 Å². The first kappa shape index (κ1) is 16.3. The minimum absolute atomic E-state index is 0.393.